The Morgan fingerprint density at radius 1 is 0.323 bits per heavy atom. The number of benzene rings is 9. The number of hydrogen-bond donors (Lipinski definition) is 0. The zero-order valence-electron chi connectivity index (χ0n) is 33.5. The minimum atomic E-state index is 0.637. The second kappa shape index (κ2) is 14.9. The Balaban J connectivity index is 1.06. The smallest absolute Gasteiger partial charge is 0.164 e. The molecule has 4 nitrogen and oxygen atoms in total. The minimum Gasteiger partial charge on any atom is -0.308 e. The predicted octanol–water partition coefficient (Wildman–Crippen LogP) is 15.3. The molecular formula is C57H36N4S. The fourth-order valence-electron chi connectivity index (χ4n) is 8.95. The van der Waals surface area contributed by atoms with Crippen molar-refractivity contribution in [3.63, 3.8) is 0 Å². The topological polar surface area (TPSA) is 43.6 Å². The van der Waals surface area contributed by atoms with Crippen molar-refractivity contribution >= 4 is 53.3 Å². The number of aromatic nitrogens is 4. The summed E-state index contributed by atoms with van der Waals surface area (Å²) >= 11 is 1.89. The van der Waals surface area contributed by atoms with E-state index in [2.05, 4.69) is 162 Å². The van der Waals surface area contributed by atoms with Crippen molar-refractivity contribution in [2.75, 3.05) is 0 Å². The highest BCUT2D eigenvalue weighted by Gasteiger charge is 2.24. The first-order chi connectivity index (χ1) is 30.7. The molecule has 0 radical (unpaired) electrons. The van der Waals surface area contributed by atoms with Gasteiger partial charge in [-0.3, -0.25) is 0 Å². The van der Waals surface area contributed by atoms with Crippen LogP contribution in [-0.2, 0) is 0 Å². The molecule has 9 aromatic carbocycles. The first-order valence-corrected chi connectivity index (χ1v) is 21.7. The fourth-order valence-corrected chi connectivity index (χ4v) is 10.2. The van der Waals surface area contributed by atoms with Crippen LogP contribution in [0.4, 0.5) is 0 Å². The number of rotatable bonds is 7. The van der Waals surface area contributed by atoms with Gasteiger partial charge in [0.25, 0.3) is 0 Å². The molecule has 0 saturated heterocycles. The van der Waals surface area contributed by atoms with E-state index in [1.807, 2.05) is 72.0 Å². The first kappa shape index (κ1) is 35.9. The van der Waals surface area contributed by atoms with E-state index in [-0.39, 0.29) is 0 Å². The third-order valence-corrected chi connectivity index (χ3v) is 13.0. The fraction of sp³-hybridized carbons (Fsp3) is 0. The maximum absolute atomic E-state index is 4.98. The second-order valence-corrected chi connectivity index (χ2v) is 16.6. The maximum Gasteiger partial charge on any atom is 0.164 e. The van der Waals surface area contributed by atoms with E-state index in [4.69, 9.17) is 15.0 Å². The molecule has 0 N–H and O–H groups in total. The van der Waals surface area contributed by atoms with Crippen molar-refractivity contribution in [2.45, 2.75) is 0 Å². The quantitative estimate of drug-likeness (QED) is 0.161. The highest BCUT2D eigenvalue weighted by atomic mass is 32.1. The van der Waals surface area contributed by atoms with Gasteiger partial charge >= 0.3 is 0 Å². The Bertz CT molecular complexity index is 3540. The lowest BCUT2D eigenvalue weighted by molar-refractivity contribution is 1.07. The molecule has 0 fully saturated rings. The second-order valence-electron chi connectivity index (χ2n) is 15.6. The molecule has 3 aromatic heterocycles. The standard InChI is InChI=1S/C57H36N4S/c1-5-17-38(18-6-1)45-28-16-29-47-51-53(48(39-19-7-2-8-20-39)36-49-46-27-13-14-30-50(46)62-54(49)51)61(52(45)47)44-26-15-25-43(35-44)37-31-33-42(34-32-37)57-59-55(40-21-9-3-10-22-40)58-56(60-57)41-23-11-4-12-24-41/h1-36H. The van der Waals surface area contributed by atoms with Crippen molar-refractivity contribution in [3.05, 3.63) is 218 Å². The van der Waals surface area contributed by atoms with Gasteiger partial charge in [-0.15, -0.1) is 11.3 Å². The van der Waals surface area contributed by atoms with E-state index >= 15 is 0 Å². The summed E-state index contributed by atoms with van der Waals surface area (Å²) in [4.78, 5) is 14.9. The average molecular weight is 809 g/mol. The van der Waals surface area contributed by atoms with Crippen LogP contribution in [0.5, 0.6) is 0 Å². The summed E-state index contributed by atoms with van der Waals surface area (Å²) in [5, 5.41) is 5.11. The van der Waals surface area contributed by atoms with Crippen LogP contribution in [0.2, 0.25) is 0 Å². The molecule has 3 heterocycles. The van der Waals surface area contributed by atoms with Crippen molar-refractivity contribution in [1.29, 1.82) is 0 Å². The Kier molecular flexibility index (Phi) is 8.65. The highest BCUT2D eigenvalue weighted by molar-refractivity contribution is 7.26. The van der Waals surface area contributed by atoms with Gasteiger partial charge in [0.15, 0.2) is 17.5 Å². The molecule has 0 aliphatic heterocycles. The summed E-state index contributed by atoms with van der Waals surface area (Å²) in [6.07, 6.45) is 0. The number of nitrogens with zero attached hydrogens (tertiary/aromatic N) is 4. The van der Waals surface area contributed by atoms with E-state index in [0.717, 1.165) is 33.5 Å². The first-order valence-electron chi connectivity index (χ1n) is 20.9. The Labute approximate surface area is 362 Å². The highest BCUT2D eigenvalue weighted by Crippen LogP contribution is 2.49. The van der Waals surface area contributed by atoms with Gasteiger partial charge in [-0.25, -0.2) is 15.0 Å². The summed E-state index contributed by atoms with van der Waals surface area (Å²) in [5.74, 6) is 1.93. The lowest BCUT2D eigenvalue weighted by Crippen LogP contribution is -2.00. The Morgan fingerprint density at radius 3 is 1.44 bits per heavy atom. The summed E-state index contributed by atoms with van der Waals surface area (Å²) in [5.41, 5.74) is 13.3. The molecule has 12 rings (SSSR count). The largest absolute Gasteiger partial charge is 0.308 e. The van der Waals surface area contributed by atoms with Crippen LogP contribution in [-0.4, -0.2) is 19.5 Å². The molecule has 0 amide bonds. The molecule has 0 saturated carbocycles. The molecule has 0 unspecified atom stereocenters. The van der Waals surface area contributed by atoms with Crippen molar-refractivity contribution < 1.29 is 0 Å². The van der Waals surface area contributed by atoms with Gasteiger partial charge in [0.2, 0.25) is 0 Å². The summed E-state index contributed by atoms with van der Waals surface area (Å²) in [7, 11) is 0. The summed E-state index contributed by atoms with van der Waals surface area (Å²) in [6.45, 7) is 0. The Hall–Kier alpha value is -7.99. The van der Waals surface area contributed by atoms with Crippen LogP contribution in [0, 0.1) is 0 Å². The lowest BCUT2D eigenvalue weighted by atomic mass is 9.98. The molecular weight excluding hydrogens is 773 g/mol. The van der Waals surface area contributed by atoms with E-state index in [0.29, 0.717) is 17.5 Å². The maximum atomic E-state index is 4.98. The number of thiophene rings is 1. The summed E-state index contributed by atoms with van der Waals surface area (Å²) in [6, 6.07) is 77.5. The minimum absolute atomic E-state index is 0.637. The van der Waals surface area contributed by atoms with Gasteiger partial charge in [-0.2, -0.15) is 0 Å². The lowest BCUT2D eigenvalue weighted by Gasteiger charge is -2.15. The monoisotopic (exact) mass is 808 g/mol. The van der Waals surface area contributed by atoms with Crippen LogP contribution in [0.3, 0.4) is 0 Å². The van der Waals surface area contributed by atoms with Crippen molar-refractivity contribution in [1.82, 2.24) is 19.5 Å². The molecule has 0 spiro atoms. The number of hydrogen-bond acceptors (Lipinski definition) is 4. The number of para-hydroxylation sites is 1. The SMILES string of the molecule is c1ccc(-c2nc(-c3ccccc3)nc(-c3ccc(-c4cccc(-n5c6c(-c7ccccc7)cccc6c6c7sc8ccccc8c7cc(-c7ccccc7)c65)c4)cc3)n2)cc1. The van der Waals surface area contributed by atoms with Gasteiger partial charge < -0.3 is 4.57 Å². The zero-order chi connectivity index (χ0) is 41.0. The van der Waals surface area contributed by atoms with Crippen LogP contribution in [0.15, 0.2) is 218 Å². The molecule has 12 aromatic rings. The molecule has 62 heavy (non-hydrogen) atoms. The van der Waals surface area contributed by atoms with Crippen molar-refractivity contribution in [2.24, 2.45) is 0 Å². The molecule has 290 valence electrons. The molecule has 0 aliphatic carbocycles. The van der Waals surface area contributed by atoms with E-state index < -0.39 is 0 Å². The molecule has 0 bridgehead atoms. The van der Waals surface area contributed by atoms with Crippen LogP contribution < -0.4 is 0 Å². The third kappa shape index (κ3) is 6.09. The van der Waals surface area contributed by atoms with Gasteiger partial charge in [0, 0.05) is 64.4 Å². The average Bonchev–Trinajstić information content (AvgIpc) is 3.91. The zero-order valence-corrected chi connectivity index (χ0v) is 34.3. The van der Waals surface area contributed by atoms with E-state index in [1.54, 1.807) is 0 Å². The van der Waals surface area contributed by atoms with Crippen LogP contribution in [0.25, 0.3) is 115 Å². The summed E-state index contributed by atoms with van der Waals surface area (Å²) < 4.78 is 5.13. The number of fused-ring (bicyclic) bond motifs is 7. The third-order valence-electron chi connectivity index (χ3n) is 11.8. The van der Waals surface area contributed by atoms with Gasteiger partial charge in [0.1, 0.15) is 0 Å². The molecule has 5 heteroatoms. The van der Waals surface area contributed by atoms with Gasteiger partial charge in [-0.1, -0.05) is 194 Å². The molecule has 0 aliphatic rings. The van der Waals surface area contributed by atoms with E-state index in [1.165, 1.54) is 64.2 Å². The predicted molar refractivity (Wildman–Crippen MR) is 260 cm³/mol. The Morgan fingerprint density at radius 2 is 0.806 bits per heavy atom. The van der Waals surface area contributed by atoms with Gasteiger partial charge in [-0.05, 0) is 46.5 Å². The van der Waals surface area contributed by atoms with Crippen LogP contribution in [0.1, 0.15) is 0 Å². The van der Waals surface area contributed by atoms with Crippen molar-refractivity contribution in [3.8, 4) is 73.2 Å². The van der Waals surface area contributed by atoms with Gasteiger partial charge in [0.05, 0.1) is 11.0 Å². The molecule has 0 atom stereocenters. The van der Waals surface area contributed by atoms with Crippen LogP contribution >= 0.6 is 11.3 Å². The van der Waals surface area contributed by atoms with E-state index in [9.17, 15) is 0 Å². The normalized spacial score (nSPS) is 11.5.